The van der Waals surface area contributed by atoms with Crippen LogP contribution in [0.4, 0.5) is 51.2 Å². The molecule has 0 saturated heterocycles. The Labute approximate surface area is 361 Å². The molecule has 0 atom stereocenters. The van der Waals surface area contributed by atoms with Gasteiger partial charge in [-0.05, 0) is 136 Å². The number of anilines is 9. The molecule has 6 heteroatoms. The molecule has 0 unspecified atom stereocenters. The van der Waals surface area contributed by atoms with Gasteiger partial charge in [0, 0.05) is 45.5 Å². The van der Waals surface area contributed by atoms with E-state index in [0.717, 1.165) is 73.4 Å². The van der Waals surface area contributed by atoms with Gasteiger partial charge in [0.15, 0.2) is 0 Å². The molecule has 0 spiro atoms. The molecule has 0 fully saturated rings. The fourth-order valence-corrected chi connectivity index (χ4v) is 9.27. The molecule has 2 aliphatic rings. The van der Waals surface area contributed by atoms with Crippen molar-refractivity contribution >= 4 is 74.3 Å². The smallest absolute Gasteiger partial charge is 0.252 e. The van der Waals surface area contributed by atoms with Crippen molar-refractivity contribution < 1.29 is 0 Å². The zero-order valence-electron chi connectivity index (χ0n) is 33.6. The third kappa shape index (κ3) is 6.18. The van der Waals surface area contributed by atoms with Gasteiger partial charge in [-0.1, -0.05) is 121 Å². The van der Waals surface area contributed by atoms with Crippen LogP contribution in [0.2, 0.25) is 0 Å². The second-order valence-corrected chi connectivity index (χ2v) is 15.6. The first-order valence-corrected chi connectivity index (χ1v) is 20.7. The van der Waals surface area contributed by atoms with Gasteiger partial charge in [-0.2, -0.15) is 10.5 Å². The first-order valence-electron chi connectivity index (χ1n) is 20.7. The number of nitriles is 2. The largest absolute Gasteiger partial charge is 0.311 e. The molecule has 0 bridgehead atoms. The lowest BCUT2D eigenvalue weighted by Crippen LogP contribution is -2.61. The molecule has 2 aliphatic heterocycles. The van der Waals surface area contributed by atoms with Gasteiger partial charge in [-0.3, -0.25) is 0 Å². The summed E-state index contributed by atoms with van der Waals surface area (Å²) in [5, 5.41) is 19.2. The van der Waals surface area contributed by atoms with Crippen molar-refractivity contribution in [2.24, 2.45) is 0 Å². The second kappa shape index (κ2) is 15.2. The van der Waals surface area contributed by atoms with Gasteiger partial charge < -0.3 is 14.7 Å². The molecular formula is C56H36BN5. The van der Waals surface area contributed by atoms with Crippen LogP contribution in [0, 0.1) is 22.7 Å². The molecule has 0 radical (unpaired) electrons. The highest BCUT2D eigenvalue weighted by Crippen LogP contribution is 2.48. The Morgan fingerprint density at radius 3 is 1.11 bits per heavy atom. The maximum atomic E-state index is 9.62. The number of hydrogen-bond acceptors (Lipinski definition) is 5. The quantitative estimate of drug-likeness (QED) is 0.151. The van der Waals surface area contributed by atoms with Crippen LogP contribution in [0.1, 0.15) is 11.1 Å². The van der Waals surface area contributed by atoms with Crippen LogP contribution < -0.4 is 31.1 Å². The van der Waals surface area contributed by atoms with Gasteiger partial charge >= 0.3 is 0 Å². The van der Waals surface area contributed by atoms with Crippen molar-refractivity contribution in [3.8, 4) is 34.4 Å². The number of para-hydroxylation sites is 4. The van der Waals surface area contributed by atoms with E-state index in [4.69, 9.17) is 0 Å². The molecule has 62 heavy (non-hydrogen) atoms. The lowest BCUT2D eigenvalue weighted by atomic mass is 9.33. The van der Waals surface area contributed by atoms with Crippen LogP contribution in [0.3, 0.4) is 0 Å². The first-order chi connectivity index (χ1) is 30.7. The number of rotatable bonds is 7. The molecule has 2 heterocycles. The van der Waals surface area contributed by atoms with Crippen molar-refractivity contribution in [2.75, 3.05) is 14.7 Å². The third-order valence-corrected chi connectivity index (χ3v) is 12.1. The molecule has 0 aromatic heterocycles. The summed E-state index contributed by atoms with van der Waals surface area (Å²) in [6, 6.07) is 81.2. The second-order valence-electron chi connectivity index (χ2n) is 15.6. The lowest BCUT2D eigenvalue weighted by Gasteiger charge is -2.45. The Hall–Kier alpha value is -8.58. The highest BCUT2D eigenvalue weighted by atomic mass is 15.2. The van der Waals surface area contributed by atoms with Crippen molar-refractivity contribution in [3.63, 3.8) is 0 Å². The Kier molecular flexibility index (Phi) is 8.96. The van der Waals surface area contributed by atoms with Crippen molar-refractivity contribution in [3.05, 3.63) is 230 Å². The maximum Gasteiger partial charge on any atom is 0.252 e. The van der Waals surface area contributed by atoms with Gasteiger partial charge in [0.25, 0.3) is 6.71 Å². The first kappa shape index (κ1) is 36.5. The van der Waals surface area contributed by atoms with Crippen LogP contribution in [0.5, 0.6) is 0 Å². The summed E-state index contributed by atoms with van der Waals surface area (Å²) in [6.07, 6.45) is 0. The van der Waals surface area contributed by atoms with Crippen LogP contribution >= 0.6 is 0 Å². The van der Waals surface area contributed by atoms with Crippen molar-refractivity contribution in [1.29, 1.82) is 10.5 Å². The molecule has 0 N–H and O–H groups in total. The standard InChI is InChI=1S/C56H36BN5/c58-37-39-21-25-41(26-22-39)43-29-31-52-50(33-43)57-51-34-44(42-27-23-40(38-59)24-28-42)30-32-53(51)62(48-19-11-4-12-20-48)55-36-49(35-54(56(55)57)61(52)47-17-9-3-10-18-47)60(45-13-5-1-6-14-45)46-15-7-2-8-16-46/h1-36H. The average molecular weight is 790 g/mol. The average Bonchev–Trinajstić information content (AvgIpc) is 3.35. The van der Waals surface area contributed by atoms with E-state index in [1.807, 2.05) is 48.5 Å². The summed E-state index contributed by atoms with van der Waals surface area (Å²) in [5.41, 5.74) is 18.8. The molecule has 0 amide bonds. The Morgan fingerprint density at radius 1 is 0.355 bits per heavy atom. The fourth-order valence-electron chi connectivity index (χ4n) is 9.27. The van der Waals surface area contributed by atoms with Gasteiger partial charge in [0.2, 0.25) is 0 Å². The van der Waals surface area contributed by atoms with E-state index < -0.39 is 0 Å². The van der Waals surface area contributed by atoms with E-state index in [9.17, 15) is 10.5 Å². The maximum absolute atomic E-state index is 9.62. The van der Waals surface area contributed by atoms with Gasteiger partial charge in [0.05, 0.1) is 29.0 Å². The molecule has 0 aliphatic carbocycles. The number of benzene rings is 9. The lowest BCUT2D eigenvalue weighted by molar-refractivity contribution is 1.23. The number of fused-ring (bicyclic) bond motifs is 4. The summed E-state index contributed by atoms with van der Waals surface area (Å²) in [7, 11) is 0. The Morgan fingerprint density at radius 2 is 0.726 bits per heavy atom. The Balaban J connectivity index is 1.25. The molecule has 9 aromatic carbocycles. The van der Waals surface area contributed by atoms with Gasteiger partial charge in [-0.25, -0.2) is 0 Å². The molecule has 5 nitrogen and oxygen atoms in total. The predicted molar refractivity (Wildman–Crippen MR) is 255 cm³/mol. The number of nitrogens with zero attached hydrogens (tertiary/aromatic N) is 5. The molecule has 11 rings (SSSR count). The SMILES string of the molecule is N#Cc1ccc(-c2ccc3c(c2)B2c4cc(-c5ccc(C#N)cc5)ccc4N(c4ccccc4)c4cc(N(c5ccccc5)c5ccccc5)cc(c42)N3c2ccccc2)cc1. The highest BCUT2D eigenvalue weighted by Gasteiger charge is 2.44. The van der Waals surface area contributed by atoms with E-state index in [1.165, 1.54) is 16.4 Å². The predicted octanol–water partition coefficient (Wildman–Crippen LogP) is 12.3. The van der Waals surface area contributed by atoms with Crippen molar-refractivity contribution in [1.82, 2.24) is 0 Å². The molecule has 9 aromatic rings. The summed E-state index contributed by atoms with van der Waals surface area (Å²) < 4.78 is 0. The number of hydrogen-bond donors (Lipinski definition) is 0. The fraction of sp³-hybridized carbons (Fsp3) is 0. The minimum atomic E-state index is -0.155. The summed E-state index contributed by atoms with van der Waals surface area (Å²) in [6.45, 7) is -0.155. The minimum absolute atomic E-state index is 0.155. The van der Waals surface area contributed by atoms with Gasteiger partial charge in [0.1, 0.15) is 0 Å². The van der Waals surface area contributed by atoms with Gasteiger partial charge in [-0.15, -0.1) is 0 Å². The summed E-state index contributed by atoms with van der Waals surface area (Å²) >= 11 is 0. The van der Waals surface area contributed by atoms with E-state index >= 15 is 0 Å². The zero-order valence-corrected chi connectivity index (χ0v) is 33.6. The van der Waals surface area contributed by atoms with Crippen LogP contribution in [-0.2, 0) is 0 Å². The normalized spacial score (nSPS) is 12.1. The van der Waals surface area contributed by atoms with Crippen LogP contribution in [-0.4, -0.2) is 6.71 Å². The molecule has 288 valence electrons. The summed E-state index contributed by atoms with van der Waals surface area (Å²) in [5.74, 6) is 0. The van der Waals surface area contributed by atoms with E-state index in [2.05, 4.69) is 197 Å². The van der Waals surface area contributed by atoms with Crippen LogP contribution in [0.15, 0.2) is 218 Å². The molecular weight excluding hydrogens is 753 g/mol. The molecule has 0 saturated carbocycles. The topological polar surface area (TPSA) is 57.3 Å². The van der Waals surface area contributed by atoms with E-state index in [0.29, 0.717) is 11.1 Å². The van der Waals surface area contributed by atoms with Crippen LogP contribution in [0.25, 0.3) is 22.3 Å². The van der Waals surface area contributed by atoms with E-state index in [-0.39, 0.29) is 6.71 Å². The minimum Gasteiger partial charge on any atom is -0.311 e. The summed E-state index contributed by atoms with van der Waals surface area (Å²) in [4.78, 5) is 7.22. The third-order valence-electron chi connectivity index (χ3n) is 12.1. The Bertz CT molecular complexity index is 2980. The van der Waals surface area contributed by atoms with E-state index in [1.54, 1.807) is 0 Å². The van der Waals surface area contributed by atoms with Crippen molar-refractivity contribution in [2.45, 2.75) is 0 Å². The zero-order chi connectivity index (χ0) is 41.6. The monoisotopic (exact) mass is 789 g/mol. The highest BCUT2D eigenvalue weighted by molar-refractivity contribution is 7.00.